The lowest BCUT2D eigenvalue weighted by Crippen LogP contribution is -2.28. The van der Waals surface area contributed by atoms with Gasteiger partial charge >= 0.3 is 6.36 Å². The molecule has 0 bridgehead atoms. The maximum Gasteiger partial charge on any atom is 0.573 e. The summed E-state index contributed by atoms with van der Waals surface area (Å²) in [5.74, 6) is -0.101. The Morgan fingerprint density at radius 2 is 1.85 bits per heavy atom. The third-order valence-corrected chi connectivity index (χ3v) is 3.60. The van der Waals surface area contributed by atoms with Gasteiger partial charge in [-0.3, -0.25) is 0 Å². The maximum atomic E-state index is 12.4. The molecule has 1 fully saturated rings. The largest absolute Gasteiger partial charge is 0.573 e. The second-order valence-corrected chi connectivity index (χ2v) is 5.91. The van der Waals surface area contributed by atoms with Gasteiger partial charge in [0.15, 0.2) is 0 Å². The number of para-hydroxylation sites is 1. The maximum absolute atomic E-state index is 12.4. The Labute approximate surface area is 117 Å². The van der Waals surface area contributed by atoms with Crippen molar-refractivity contribution in [2.24, 2.45) is 0 Å². The molecule has 0 amide bonds. The average Bonchev–Trinajstić information content (AvgIpc) is 3.11. The van der Waals surface area contributed by atoms with E-state index in [9.17, 15) is 13.2 Å². The summed E-state index contributed by atoms with van der Waals surface area (Å²) >= 11 is 0. The minimum absolute atomic E-state index is 0.101. The van der Waals surface area contributed by atoms with Gasteiger partial charge in [0.25, 0.3) is 0 Å². The fourth-order valence-electron chi connectivity index (χ4n) is 2.25. The molecule has 1 saturated carbocycles. The molecular formula is C15H20F3NO. The van der Waals surface area contributed by atoms with Crippen LogP contribution in [-0.2, 0) is 5.41 Å². The van der Waals surface area contributed by atoms with Gasteiger partial charge in [0.1, 0.15) is 5.75 Å². The number of nitrogens with one attached hydrogen (secondary N) is 1. The van der Waals surface area contributed by atoms with Crippen LogP contribution in [0, 0.1) is 0 Å². The number of rotatable bonds is 6. The van der Waals surface area contributed by atoms with Gasteiger partial charge in [-0.05, 0) is 37.3 Å². The highest BCUT2D eigenvalue weighted by atomic mass is 19.4. The summed E-state index contributed by atoms with van der Waals surface area (Å²) in [6.45, 7) is 4.69. The Hall–Kier alpha value is -1.23. The van der Waals surface area contributed by atoms with Crippen LogP contribution in [0.5, 0.6) is 5.75 Å². The lowest BCUT2D eigenvalue weighted by Gasteiger charge is -2.28. The molecule has 1 aromatic rings. The highest BCUT2D eigenvalue weighted by Crippen LogP contribution is 2.36. The van der Waals surface area contributed by atoms with Crippen LogP contribution in [0.15, 0.2) is 24.3 Å². The number of hydrogen-bond acceptors (Lipinski definition) is 2. The highest BCUT2D eigenvalue weighted by Gasteiger charge is 2.34. The summed E-state index contributed by atoms with van der Waals surface area (Å²) in [6.07, 6.45) is -1.48. The molecule has 1 aromatic carbocycles. The predicted octanol–water partition coefficient (Wildman–Crippen LogP) is 4.00. The zero-order chi connectivity index (χ0) is 14.8. The summed E-state index contributed by atoms with van der Waals surface area (Å²) in [6, 6.07) is 6.99. The van der Waals surface area contributed by atoms with Crippen molar-refractivity contribution in [2.75, 3.05) is 6.54 Å². The van der Waals surface area contributed by atoms with Gasteiger partial charge in [0.2, 0.25) is 0 Å². The summed E-state index contributed by atoms with van der Waals surface area (Å²) in [4.78, 5) is 0. The van der Waals surface area contributed by atoms with Crippen molar-refractivity contribution < 1.29 is 17.9 Å². The minimum Gasteiger partial charge on any atom is -0.405 e. The van der Waals surface area contributed by atoms with Crippen LogP contribution in [0.4, 0.5) is 13.2 Å². The molecule has 0 aromatic heterocycles. The van der Waals surface area contributed by atoms with Gasteiger partial charge in [0.05, 0.1) is 0 Å². The zero-order valence-electron chi connectivity index (χ0n) is 11.8. The SMILES string of the molecule is CC(C)(CCNC1CC1)c1ccccc1OC(F)(F)F. The van der Waals surface area contributed by atoms with Crippen molar-refractivity contribution in [1.82, 2.24) is 5.32 Å². The first kappa shape index (κ1) is 15.2. The third kappa shape index (κ3) is 4.40. The van der Waals surface area contributed by atoms with Crippen LogP contribution in [0.25, 0.3) is 0 Å². The van der Waals surface area contributed by atoms with E-state index in [2.05, 4.69) is 10.1 Å². The Balaban J connectivity index is 2.07. The molecule has 0 aliphatic heterocycles. The monoisotopic (exact) mass is 287 g/mol. The van der Waals surface area contributed by atoms with E-state index in [1.807, 2.05) is 13.8 Å². The second-order valence-electron chi connectivity index (χ2n) is 5.91. The Morgan fingerprint density at radius 3 is 2.45 bits per heavy atom. The average molecular weight is 287 g/mol. The molecule has 1 aliphatic carbocycles. The van der Waals surface area contributed by atoms with Gasteiger partial charge in [-0.25, -0.2) is 0 Å². The van der Waals surface area contributed by atoms with Crippen LogP contribution in [0.1, 0.15) is 38.7 Å². The van der Waals surface area contributed by atoms with Crippen molar-refractivity contribution in [3.8, 4) is 5.75 Å². The van der Waals surface area contributed by atoms with E-state index in [-0.39, 0.29) is 11.2 Å². The van der Waals surface area contributed by atoms with E-state index in [4.69, 9.17) is 0 Å². The molecule has 0 radical (unpaired) electrons. The predicted molar refractivity (Wildman–Crippen MR) is 71.8 cm³/mol. The molecule has 5 heteroatoms. The van der Waals surface area contributed by atoms with E-state index in [1.54, 1.807) is 18.2 Å². The van der Waals surface area contributed by atoms with Crippen molar-refractivity contribution in [2.45, 2.75) is 50.9 Å². The van der Waals surface area contributed by atoms with Gasteiger partial charge in [-0.15, -0.1) is 13.2 Å². The first-order valence-electron chi connectivity index (χ1n) is 6.86. The molecular weight excluding hydrogens is 267 g/mol. The normalized spacial score (nSPS) is 16.2. The Kier molecular flexibility index (Phi) is 4.28. The summed E-state index contributed by atoms with van der Waals surface area (Å²) in [7, 11) is 0. The molecule has 0 saturated heterocycles. The van der Waals surface area contributed by atoms with Gasteiger partial charge in [-0.2, -0.15) is 0 Å². The molecule has 2 rings (SSSR count). The Morgan fingerprint density at radius 1 is 1.20 bits per heavy atom. The van der Waals surface area contributed by atoms with Crippen LogP contribution in [-0.4, -0.2) is 18.9 Å². The number of halogens is 3. The third-order valence-electron chi connectivity index (χ3n) is 3.60. The van der Waals surface area contributed by atoms with Gasteiger partial charge < -0.3 is 10.1 Å². The van der Waals surface area contributed by atoms with E-state index in [0.717, 1.165) is 13.0 Å². The number of ether oxygens (including phenoxy) is 1. The van der Waals surface area contributed by atoms with E-state index in [0.29, 0.717) is 11.6 Å². The standard InChI is InChI=1S/C15H20F3NO/c1-14(2,9-10-19-11-7-8-11)12-5-3-4-6-13(12)20-15(16,17)18/h3-6,11,19H,7-10H2,1-2H3. The van der Waals surface area contributed by atoms with Crippen molar-refractivity contribution in [3.63, 3.8) is 0 Å². The topological polar surface area (TPSA) is 21.3 Å². The first-order chi connectivity index (χ1) is 9.28. The van der Waals surface area contributed by atoms with Crippen molar-refractivity contribution in [3.05, 3.63) is 29.8 Å². The minimum atomic E-state index is -4.65. The number of benzene rings is 1. The fraction of sp³-hybridized carbons (Fsp3) is 0.600. The van der Waals surface area contributed by atoms with Crippen LogP contribution in [0.3, 0.4) is 0 Å². The molecule has 0 unspecified atom stereocenters. The molecule has 0 heterocycles. The Bertz CT molecular complexity index is 453. The van der Waals surface area contributed by atoms with Crippen LogP contribution in [0.2, 0.25) is 0 Å². The van der Waals surface area contributed by atoms with Gasteiger partial charge in [0, 0.05) is 11.6 Å². The van der Waals surface area contributed by atoms with E-state index in [1.165, 1.54) is 18.9 Å². The lowest BCUT2D eigenvalue weighted by atomic mass is 9.81. The summed E-state index contributed by atoms with van der Waals surface area (Å²) < 4.78 is 41.5. The van der Waals surface area contributed by atoms with E-state index < -0.39 is 6.36 Å². The lowest BCUT2D eigenvalue weighted by molar-refractivity contribution is -0.275. The summed E-state index contributed by atoms with van der Waals surface area (Å²) in [5.41, 5.74) is 0.221. The smallest absolute Gasteiger partial charge is 0.405 e. The molecule has 2 nitrogen and oxygen atoms in total. The zero-order valence-corrected chi connectivity index (χ0v) is 11.8. The molecule has 0 spiro atoms. The molecule has 0 atom stereocenters. The molecule has 1 aliphatic rings. The van der Waals surface area contributed by atoms with E-state index >= 15 is 0 Å². The second kappa shape index (κ2) is 5.64. The molecule has 1 N–H and O–H groups in total. The molecule has 112 valence electrons. The number of hydrogen-bond donors (Lipinski definition) is 1. The quantitative estimate of drug-likeness (QED) is 0.853. The first-order valence-corrected chi connectivity index (χ1v) is 6.86. The highest BCUT2D eigenvalue weighted by molar-refractivity contribution is 5.39. The number of alkyl halides is 3. The fourth-order valence-corrected chi connectivity index (χ4v) is 2.25. The van der Waals surface area contributed by atoms with Crippen LogP contribution >= 0.6 is 0 Å². The van der Waals surface area contributed by atoms with Crippen LogP contribution < -0.4 is 10.1 Å². The van der Waals surface area contributed by atoms with Crippen molar-refractivity contribution >= 4 is 0 Å². The molecule has 20 heavy (non-hydrogen) atoms. The van der Waals surface area contributed by atoms with Crippen molar-refractivity contribution in [1.29, 1.82) is 0 Å². The summed E-state index contributed by atoms with van der Waals surface area (Å²) in [5, 5.41) is 3.39. The van der Waals surface area contributed by atoms with Gasteiger partial charge in [-0.1, -0.05) is 32.0 Å².